The molecule has 0 spiro atoms. The van der Waals surface area contributed by atoms with Gasteiger partial charge in [-0.3, -0.25) is 4.79 Å². The number of ether oxygens (including phenoxy) is 2. The smallest absolute Gasteiger partial charge is 0.221 e. The molecule has 0 atom stereocenters. The van der Waals surface area contributed by atoms with Gasteiger partial charge < -0.3 is 25.0 Å². The Morgan fingerprint density at radius 3 is 2.45 bits per heavy atom. The highest BCUT2D eigenvalue weighted by atomic mass is 16.5. The minimum atomic E-state index is -0.338. The minimum absolute atomic E-state index is 0.243. The molecule has 7 nitrogen and oxygen atoms in total. The first kappa shape index (κ1) is 20.3. The Hall–Kier alpha value is -3.48. The zero-order valence-electron chi connectivity index (χ0n) is 16.8. The van der Waals surface area contributed by atoms with Crippen molar-refractivity contribution in [2.45, 2.75) is 33.4 Å². The number of carbonyl (C=O) groups is 1. The molecule has 0 aliphatic rings. The van der Waals surface area contributed by atoms with Gasteiger partial charge >= 0.3 is 0 Å². The molecule has 1 aromatic heterocycles. The number of anilines is 1. The largest absolute Gasteiger partial charge is 0.493 e. The van der Waals surface area contributed by atoms with E-state index in [4.69, 9.17) is 19.7 Å². The van der Waals surface area contributed by atoms with Crippen molar-refractivity contribution < 1.29 is 18.8 Å². The number of benzene rings is 2. The summed E-state index contributed by atoms with van der Waals surface area (Å²) in [4.78, 5) is 11.0. The van der Waals surface area contributed by atoms with E-state index in [2.05, 4.69) is 10.5 Å². The second-order valence-electron chi connectivity index (χ2n) is 6.77. The molecule has 7 heteroatoms. The summed E-state index contributed by atoms with van der Waals surface area (Å²) < 4.78 is 16.6. The maximum Gasteiger partial charge on any atom is 0.221 e. The fraction of sp³-hybridized carbons (Fsp3) is 0.273. The Kier molecular flexibility index (Phi) is 6.39. The van der Waals surface area contributed by atoms with Crippen LogP contribution in [0.2, 0.25) is 0 Å². The van der Waals surface area contributed by atoms with Crippen LogP contribution in [-0.4, -0.2) is 18.2 Å². The Balaban J connectivity index is 1.61. The summed E-state index contributed by atoms with van der Waals surface area (Å²) in [5.74, 6) is 1.73. The van der Waals surface area contributed by atoms with Crippen LogP contribution in [-0.2, 0) is 24.4 Å². The third-order valence-electron chi connectivity index (χ3n) is 4.61. The van der Waals surface area contributed by atoms with Gasteiger partial charge in [-0.1, -0.05) is 23.4 Å². The second kappa shape index (κ2) is 9.14. The molecule has 3 N–H and O–H groups in total. The van der Waals surface area contributed by atoms with Gasteiger partial charge in [0.1, 0.15) is 12.4 Å². The topological polar surface area (TPSA) is 99.6 Å². The molecular formula is C22H25N3O4. The molecule has 152 valence electrons. The lowest BCUT2D eigenvalue weighted by atomic mass is 10.1. The maximum absolute atomic E-state index is 11.0. The maximum atomic E-state index is 11.0. The number of nitrogens with two attached hydrogens (primary N) is 1. The first-order valence-corrected chi connectivity index (χ1v) is 9.29. The molecule has 2 aromatic carbocycles. The Morgan fingerprint density at radius 2 is 1.83 bits per heavy atom. The van der Waals surface area contributed by atoms with E-state index in [1.165, 1.54) is 0 Å². The van der Waals surface area contributed by atoms with Gasteiger partial charge in [0.2, 0.25) is 5.91 Å². The predicted molar refractivity (Wildman–Crippen MR) is 110 cm³/mol. The number of primary amides is 1. The Labute approximate surface area is 169 Å². The van der Waals surface area contributed by atoms with Gasteiger partial charge in [-0.15, -0.1) is 0 Å². The molecule has 0 aliphatic carbocycles. The lowest BCUT2D eigenvalue weighted by molar-refractivity contribution is -0.117. The Morgan fingerprint density at radius 1 is 1.10 bits per heavy atom. The minimum Gasteiger partial charge on any atom is -0.493 e. The molecule has 29 heavy (non-hydrogen) atoms. The van der Waals surface area contributed by atoms with Crippen molar-refractivity contribution in [2.24, 2.45) is 5.73 Å². The summed E-state index contributed by atoms with van der Waals surface area (Å²) in [5.41, 5.74) is 9.88. The lowest BCUT2D eigenvalue weighted by Crippen LogP contribution is -2.13. The molecule has 0 unspecified atom stereocenters. The average Bonchev–Trinajstić information content (AvgIpc) is 3.03. The summed E-state index contributed by atoms with van der Waals surface area (Å²) in [6.45, 7) is 4.75. The van der Waals surface area contributed by atoms with Crippen LogP contribution in [0.3, 0.4) is 0 Å². The van der Waals surface area contributed by atoms with Crippen LogP contribution in [0.1, 0.15) is 28.1 Å². The molecule has 1 heterocycles. The SMILES string of the molecule is COc1cc(CNc2ccc(CC(N)=O)cc2)ccc1OCc1c(C)noc1C. The number of carbonyl (C=O) groups excluding carboxylic acids is 1. The van der Waals surface area contributed by atoms with Crippen LogP contribution in [0, 0.1) is 13.8 Å². The number of aromatic nitrogens is 1. The van der Waals surface area contributed by atoms with E-state index in [1.54, 1.807) is 7.11 Å². The van der Waals surface area contributed by atoms with E-state index >= 15 is 0 Å². The van der Waals surface area contributed by atoms with Gasteiger partial charge in [-0.25, -0.2) is 0 Å². The monoisotopic (exact) mass is 395 g/mol. The standard InChI is InChI=1S/C22H25N3O4/c1-14-19(15(2)29-25-14)13-28-20-9-6-17(10-21(20)27-3)12-24-18-7-4-16(5-8-18)11-22(23)26/h4-10,24H,11-13H2,1-3H3,(H2,23,26). The third kappa shape index (κ3) is 5.28. The molecule has 0 radical (unpaired) electrons. The summed E-state index contributed by atoms with van der Waals surface area (Å²) in [6.07, 6.45) is 0.243. The number of rotatable bonds is 9. The number of nitrogens with one attached hydrogen (secondary N) is 1. The first-order chi connectivity index (χ1) is 14.0. The highest BCUT2D eigenvalue weighted by Gasteiger charge is 2.12. The molecule has 3 aromatic rings. The lowest BCUT2D eigenvalue weighted by Gasteiger charge is -2.13. The molecule has 0 bridgehead atoms. The number of aryl methyl sites for hydroxylation is 2. The van der Waals surface area contributed by atoms with Crippen molar-refractivity contribution in [1.82, 2.24) is 5.16 Å². The Bertz CT molecular complexity index is 961. The predicted octanol–water partition coefficient (Wildman–Crippen LogP) is 3.52. The molecule has 1 amide bonds. The molecule has 0 fully saturated rings. The van der Waals surface area contributed by atoms with Crippen molar-refractivity contribution in [3.05, 3.63) is 70.6 Å². The van der Waals surface area contributed by atoms with Gasteiger partial charge in [0, 0.05) is 12.2 Å². The van der Waals surface area contributed by atoms with Crippen LogP contribution >= 0.6 is 0 Å². The third-order valence-corrected chi connectivity index (χ3v) is 4.61. The number of nitrogens with zero attached hydrogens (tertiary/aromatic N) is 1. The summed E-state index contributed by atoms with van der Waals surface area (Å²) in [5, 5.41) is 7.29. The summed E-state index contributed by atoms with van der Waals surface area (Å²) in [7, 11) is 1.62. The zero-order chi connectivity index (χ0) is 20.8. The molecule has 0 saturated carbocycles. The van der Waals surface area contributed by atoms with Crippen molar-refractivity contribution in [3.63, 3.8) is 0 Å². The van der Waals surface area contributed by atoms with Gasteiger partial charge in [0.15, 0.2) is 11.5 Å². The van der Waals surface area contributed by atoms with E-state index in [9.17, 15) is 4.79 Å². The zero-order valence-corrected chi connectivity index (χ0v) is 16.8. The van der Waals surface area contributed by atoms with Crippen LogP contribution in [0.15, 0.2) is 47.0 Å². The molecule has 0 aliphatic heterocycles. The van der Waals surface area contributed by atoms with E-state index < -0.39 is 0 Å². The highest BCUT2D eigenvalue weighted by Crippen LogP contribution is 2.30. The summed E-state index contributed by atoms with van der Waals surface area (Å²) >= 11 is 0. The average molecular weight is 395 g/mol. The van der Waals surface area contributed by atoms with E-state index in [0.717, 1.165) is 33.8 Å². The van der Waals surface area contributed by atoms with Crippen LogP contribution in [0.4, 0.5) is 5.69 Å². The highest BCUT2D eigenvalue weighted by molar-refractivity contribution is 5.76. The van der Waals surface area contributed by atoms with E-state index in [1.807, 2.05) is 56.3 Å². The number of amides is 1. The number of hydrogen-bond acceptors (Lipinski definition) is 6. The quantitative estimate of drug-likeness (QED) is 0.575. The number of hydrogen-bond donors (Lipinski definition) is 2. The second-order valence-corrected chi connectivity index (χ2v) is 6.77. The van der Waals surface area contributed by atoms with Gasteiger partial charge in [0.05, 0.1) is 24.8 Å². The van der Waals surface area contributed by atoms with E-state index in [-0.39, 0.29) is 12.3 Å². The van der Waals surface area contributed by atoms with Crippen LogP contribution in [0.25, 0.3) is 0 Å². The van der Waals surface area contributed by atoms with Gasteiger partial charge in [0.25, 0.3) is 0 Å². The number of methoxy groups -OCH3 is 1. The van der Waals surface area contributed by atoms with Gasteiger partial charge in [-0.05, 0) is 49.2 Å². The fourth-order valence-electron chi connectivity index (χ4n) is 2.94. The first-order valence-electron chi connectivity index (χ1n) is 9.29. The van der Waals surface area contributed by atoms with E-state index in [0.29, 0.717) is 24.7 Å². The van der Waals surface area contributed by atoms with Crippen molar-refractivity contribution in [3.8, 4) is 11.5 Å². The molecule has 3 rings (SSSR count). The van der Waals surface area contributed by atoms with Gasteiger partial charge in [-0.2, -0.15) is 0 Å². The van der Waals surface area contributed by atoms with Crippen molar-refractivity contribution >= 4 is 11.6 Å². The normalized spacial score (nSPS) is 10.6. The molecular weight excluding hydrogens is 370 g/mol. The summed E-state index contributed by atoms with van der Waals surface area (Å²) in [6, 6.07) is 13.5. The van der Waals surface area contributed by atoms with Crippen LogP contribution in [0.5, 0.6) is 11.5 Å². The fourth-order valence-corrected chi connectivity index (χ4v) is 2.94. The van der Waals surface area contributed by atoms with Crippen molar-refractivity contribution in [2.75, 3.05) is 12.4 Å². The van der Waals surface area contributed by atoms with Crippen LogP contribution < -0.4 is 20.5 Å². The van der Waals surface area contributed by atoms with Crippen molar-refractivity contribution in [1.29, 1.82) is 0 Å². The molecule has 0 saturated heterocycles.